The number of rotatable bonds is 8. The number of hydrogen-bond acceptors (Lipinski definition) is 3. The van der Waals surface area contributed by atoms with E-state index in [-0.39, 0.29) is 5.41 Å². The van der Waals surface area contributed by atoms with Gasteiger partial charge in [0.15, 0.2) is 0 Å². The van der Waals surface area contributed by atoms with E-state index in [2.05, 4.69) is 80.0 Å². The Morgan fingerprint density at radius 1 is 1.12 bits per heavy atom. The van der Waals surface area contributed by atoms with E-state index in [0.29, 0.717) is 0 Å². The highest BCUT2D eigenvalue weighted by Gasteiger charge is 2.21. The van der Waals surface area contributed by atoms with E-state index in [1.807, 2.05) is 13.1 Å². The predicted molar refractivity (Wildman–Crippen MR) is 110 cm³/mol. The zero-order valence-electron chi connectivity index (χ0n) is 16.0. The van der Waals surface area contributed by atoms with Crippen LogP contribution in [0.25, 0.3) is 6.08 Å². The van der Waals surface area contributed by atoms with Gasteiger partial charge in [-0.3, -0.25) is 0 Å². The standard InChI is InChI=1S/C22H30N2O/c1-6-24-18-14-13-17(21(16-18)25-5)10-9-15-22(2,3)19-11-7-8-12-20(19)23-4/h7-14,16,23-24H,6,15H2,1-5H3/b10-9+. The van der Waals surface area contributed by atoms with Crippen molar-refractivity contribution in [1.82, 2.24) is 0 Å². The largest absolute Gasteiger partial charge is 0.496 e. The van der Waals surface area contributed by atoms with Crippen LogP contribution in [0.5, 0.6) is 5.75 Å². The lowest BCUT2D eigenvalue weighted by Crippen LogP contribution is -2.17. The van der Waals surface area contributed by atoms with Crippen molar-refractivity contribution in [2.45, 2.75) is 32.6 Å². The van der Waals surface area contributed by atoms with Crippen LogP contribution in [-0.2, 0) is 5.41 Å². The van der Waals surface area contributed by atoms with Crippen molar-refractivity contribution in [3.63, 3.8) is 0 Å². The molecule has 0 amide bonds. The van der Waals surface area contributed by atoms with E-state index in [4.69, 9.17) is 4.74 Å². The minimum absolute atomic E-state index is 0.0487. The topological polar surface area (TPSA) is 33.3 Å². The van der Waals surface area contributed by atoms with Gasteiger partial charge in [0.25, 0.3) is 0 Å². The van der Waals surface area contributed by atoms with Gasteiger partial charge in [0.05, 0.1) is 7.11 Å². The second-order valence-electron chi connectivity index (χ2n) is 6.77. The molecule has 3 nitrogen and oxygen atoms in total. The summed E-state index contributed by atoms with van der Waals surface area (Å²) >= 11 is 0. The van der Waals surface area contributed by atoms with Gasteiger partial charge < -0.3 is 15.4 Å². The normalized spacial score (nSPS) is 11.6. The number of methoxy groups -OCH3 is 1. The first-order chi connectivity index (χ1) is 12.0. The Kier molecular flexibility index (Phi) is 6.51. The Morgan fingerprint density at radius 3 is 2.56 bits per heavy atom. The van der Waals surface area contributed by atoms with E-state index >= 15 is 0 Å². The van der Waals surface area contributed by atoms with Gasteiger partial charge in [-0.15, -0.1) is 0 Å². The van der Waals surface area contributed by atoms with E-state index in [0.717, 1.165) is 30.0 Å². The predicted octanol–water partition coefficient (Wildman–Crippen LogP) is 5.55. The summed E-state index contributed by atoms with van der Waals surface area (Å²) in [6.07, 6.45) is 5.33. The Labute approximate surface area is 152 Å². The van der Waals surface area contributed by atoms with Crippen LogP contribution in [0.3, 0.4) is 0 Å². The fourth-order valence-corrected chi connectivity index (χ4v) is 3.04. The maximum atomic E-state index is 5.53. The molecule has 2 N–H and O–H groups in total. The van der Waals surface area contributed by atoms with Crippen LogP contribution >= 0.6 is 0 Å². The average molecular weight is 338 g/mol. The highest BCUT2D eigenvalue weighted by atomic mass is 16.5. The Bertz CT molecular complexity index is 720. The maximum Gasteiger partial charge on any atom is 0.128 e. The van der Waals surface area contributed by atoms with Crippen molar-refractivity contribution >= 4 is 17.5 Å². The molecule has 0 unspecified atom stereocenters. The molecule has 2 aromatic carbocycles. The second kappa shape index (κ2) is 8.61. The summed E-state index contributed by atoms with van der Waals surface area (Å²) in [7, 11) is 3.69. The average Bonchev–Trinajstić information content (AvgIpc) is 2.62. The molecule has 0 radical (unpaired) electrons. The molecule has 0 saturated heterocycles. The van der Waals surface area contributed by atoms with Gasteiger partial charge >= 0.3 is 0 Å². The molecular weight excluding hydrogens is 308 g/mol. The molecule has 0 fully saturated rings. The highest BCUT2D eigenvalue weighted by molar-refractivity contribution is 5.63. The van der Waals surface area contributed by atoms with E-state index in [1.54, 1.807) is 7.11 Å². The number of allylic oxidation sites excluding steroid dienone is 1. The van der Waals surface area contributed by atoms with Crippen LogP contribution in [0.4, 0.5) is 11.4 Å². The first-order valence-corrected chi connectivity index (χ1v) is 8.87. The van der Waals surface area contributed by atoms with E-state index < -0.39 is 0 Å². The fourth-order valence-electron chi connectivity index (χ4n) is 3.04. The molecule has 134 valence electrons. The first kappa shape index (κ1) is 18.9. The lowest BCUT2D eigenvalue weighted by atomic mass is 9.80. The number of para-hydroxylation sites is 1. The van der Waals surface area contributed by atoms with Gasteiger partial charge in [0.1, 0.15) is 5.75 Å². The fraction of sp³-hybridized carbons (Fsp3) is 0.364. The molecular formula is C22H30N2O. The number of hydrogen-bond donors (Lipinski definition) is 2. The number of benzene rings is 2. The van der Waals surface area contributed by atoms with Crippen LogP contribution in [0.15, 0.2) is 48.5 Å². The van der Waals surface area contributed by atoms with Gasteiger partial charge in [-0.05, 0) is 42.5 Å². The van der Waals surface area contributed by atoms with Crippen molar-refractivity contribution in [2.24, 2.45) is 0 Å². The summed E-state index contributed by atoms with van der Waals surface area (Å²) in [5.74, 6) is 0.892. The monoisotopic (exact) mass is 338 g/mol. The summed E-state index contributed by atoms with van der Waals surface area (Å²) < 4.78 is 5.53. The molecule has 2 aromatic rings. The van der Waals surface area contributed by atoms with Crippen LogP contribution in [0.2, 0.25) is 0 Å². The summed E-state index contributed by atoms with van der Waals surface area (Å²) in [4.78, 5) is 0. The number of nitrogens with one attached hydrogen (secondary N) is 2. The number of ether oxygens (including phenoxy) is 1. The lowest BCUT2D eigenvalue weighted by molar-refractivity contribution is 0.414. The molecule has 25 heavy (non-hydrogen) atoms. The van der Waals surface area contributed by atoms with Gasteiger partial charge in [0.2, 0.25) is 0 Å². The molecule has 0 saturated carbocycles. The summed E-state index contributed by atoms with van der Waals surface area (Å²) in [5.41, 5.74) is 4.75. The SMILES string of the molecule is CCNc1ccc(/C=C/CC(C)(C)c2ccccc2NC)c(OC)c1. The molecule has 0 aromatic heterocycles. The zero-order chi connectivity index (χ0) is 18.3. The third kappa shape index (κ3) is 4.79. The molecule has 0 aliphatic rings. The van der Waals surface area contributed by atoms with Crippen molar-refractivity contribution in [1.29, 1.82) is 0 Å². The molecule has 0 aliphatic heterocycles. The van der Waals surface area contributed by atoms with Crippen molar-refractivity contribution in [2.75, 3.05) is 31.3 Å². The molecule has 0 heterocycles. The maximum absolute atomic E-state index is 5.53. The van der Waals surface area contributed by atoms with Crippen LogP contribution in [0, 0.1) is 0 Å². The zero-order valence-corrected chi connectivity index (χ0v) is 16.0. The van der Waals surface area contributed by atoms with E-state index in [9.17, 15) is 0 Å². The molecule has 0 spiro atoms. The Hall–Kier alpha value is -2.42. The minimum Gasteiger partial charge on any atom is -0.496 e. The summed E-state index contributed by atoms with van der Waals surface area (Å²) in [6, 6.07) is 14.7. The smallest absolute Gasteiger partial charge is 0.128 e. The second-order valence-corrected chi connectivity index (χ2v) is 6.77. The molecule has 0 atom stereocenters. The van der Waals surface area contributed by atoms with Gasteiger partial charge in [-0.1, -0.05) is 44.2 Å². The van der Waals surface area contributed by atoms with Gasteiger partial charge in [-0.25, -0.2) is 0 Å². The molecule has 0 aliphatic carbocycles. The van der Waals surface area contributed by atoms with Crippen molar-refractivity contribution < 1.29 is 4.74 Å². The molecule has 2 rings (SSSR count). The van der Waals surface area contributed by atoms with Gasteiger partial charge in [-0.2, -0.15) is 0 Å². The highest BCUT2D eigenvalue weighted by Crippen LogP contribution is 2.33. The lowest BCUT2D eigenvalue weighted by Gasteiger charge is -2.26. The van der Waals surface area contributed by atoms with Crippen LogP contribution in [0.1, 0.15) is 38.3 Å². The third-order valence-electron chi connectivity index (χ3n) is 4.47. The number of anilines is 2. The van der Waals surface area contributed by atoms with Gasteiger partial charge in [0, 0.05) is 36.6 Å². The first-order valence-electron chi connectivity index (χ1n) is 8.87. The third-order valence-corrected chi connectivity index (χ3v) is 4.47. The molecule has 0 bridgehead atoms. The van der Waals surface area contributed by atoms with Crippen molar-refractivity contribution in [3.8, 4) is 5.75 Å². The van der Waals surface area contributed by atoms with E-state index in [1.165, 1.54) is 11.3 Å². The minimum atomic E-state index is 0.0487. The Morgan fingerprint density at radius 2 is 1.88 bits per heavy atom. The summed E-state index contributed by atoms with van der Waals surface area (Å²) in [6.45, 7) is 7.54. The molecule has 3 heteroatoms. The summed E-state index contributed by atoms with van der Waals surface area (Å²) in [5, 5.41) is 6.61. The quantitative estimate of drug-likeness (QED) is 0.662. The van der Waals surface area contributed by atoms with Crippen LogP contribution in [-0.4, -0.2) is 20.7 Å². The Balaban J connectivity index is 2.17. The van der Waals surface area contributed by atoms with Crippen LogP contribution < -0.4 is 15.4 Å². The van der Waals surface area contributed by atoms with Crippen molar-refractivity contribution in [3.05, 3.63) is 59.7 Å².